The summed E-state index contributed by atoms with van der Waals surface area (Å²) in [5.41, 5.74) is 0.794. The molecule has 0 amide bonds. The first-order valence-corrected chi connectivity index (χ1v) is 8.61. The molecule has 4 nitrogen and oxygen atoms in total. The SMILES string of the molecule is C=CC[C@]1(C(=O)/C=C/C)CCCN1CCc1ccc2c(c1)OCO2. The number of allylic oxidation sites excluding steroid dienone is 1. The van der Waals surface area contributed by atoms with Crippen LogP contribution >= 0.6 is 0 Å². The van der Waals surface area contributed by atoms with Crippen molar-refractivity contribution in [2.75, 3.05) is 19.9 Å². The number of ether oxygens (including phenoxy) is 2. The molecule has 1 fully saturated rings. The maximum atomic E-state index is 12.7. The molecule has 0 bridgehead atoms. The molecule has 24 heavy (non-hydrogen) atoms. The van der Waals surface area contributed by atoms with E-state index in [1.807, 2.05) is 31.2 Å². The van der Waals surface area contributed by atoms with E-state index in [0.717, 1.165) is 43.9 Å². The van der Waals surface area contributed by atoms with Crippen LogP contribution in [0.1, 0.15) is 31.7 Å². The molecule has 2 heterocycles. The van der Waals surface area contributed by atoms with Crippen LogP contribution in [0.15, 0.2) is 43.0 Å². The van der Waals surface area contributed by atoms with Crippen LogP contribution in [0, 0.1) is 0 Å². The Balaban J connectivity index is 1.72. The number of ketones is 1. The molecule has 0 radical (unpaired) electrons. The molecule has 4 heteroatoms. The molecule has 0 unspecified atom stereocenters. The lowest BCUT2D eigenvalue weighted by molar-refractivity contribution is -0.124. The van der Waals surface area contributed by atoms with E-state index in [-0.39, 0.29) is 5.78 Å². The van der Waals surface area contributed by atoms with Crippen molar-refractivity contribution in [3.05, 3.63) is 48.6 Å². The van der Waals surface area contributed by atoms with Gasteiger partial charge in [0, 0.05) is 6.54 Å². The average molecular weight is 327 g/mol. The number of hydrogen-bond donors (Lipinski definition) is 0. The van der Waals surface area contributed by atoms with Crippen molar-refractivity contribution >= 4 is 5.78 Å². The quantitative estimate of drug-likeness (QED) is 0.567. The second kappa shape index (κ2) is 7.22. The smallest absolute Gasteiger partial charge is 0.231 e. The predicted octanol–water partition coefficient (Wildman–Crippen LogP) is 3.51. The lowest BCUT2D eigenvalue weighted by Crippen LogP contribution is -2.50. The monoisotopic (exact) mass is 327 g/mol. The molecule has 0 spiro atoms. The number of fused-ring (bicyclic) bond motifs is 1. The molecule has 2 aliphatic heterocycles. The highest BCUT2D eigenvalue weighted by molar-refractivity contribution is 5.98. The Kier molecular flexibility index (Phi) is 5.05. The Morgan fingerprint density at radius 3 is 3.00 bits per heavy atom. The van der Waals surface area contributed by atoms with Crippen LogP contribution in [0.2, 0.25) is 0 Å². The first-order valence-electron chi connectivity index (χ1n) is 8.61. The third-order valence-electron chi connectivity index (χ3n) is 4.99. The van der Waals surface area contributed by atoms with Crippen molar-refractivity contribution in [1.82, 2.24) is 4.90 Å². The number of benzene rings is 1. The zero-order chi connectivity index (χ0) is 17.0. The molecular weight excluding hydrogens is 302 g/mol. The molecule has 3 rings (SSSR count). The molecule has 0 saturated carbocycles. The lowest BCUT2D eigenvalue weighted by Gasteiger charge is -2.36. The van der Waals surface area contributed by atoms with Gasteiger partial charge in [0.25, 0.3) is 0 Å². The Bertz CT molecular complexity index is 652. The normalized spacial score (nSPS) is 23.0. The van der Waals surface area contributed by atoms with Gasteiger partial charge in [0.05, 0.1) is 5.54 Å². The van der Waals surface area contributed by atoms with E-state index < -0.39 is 5.54 Å². The first-order chi connectivity index (χ1) is 11.7. The zero-order valence-electron chi connectivity index (χ0n) is 14.3. The second-order valence-electron chi connectivity index (χ2n) is 6.42. The first kappa shape index (κ1) is 16.8. The van der Waals surface area contributed by atoms with Crippen LogP contribution in [0.3, 0.4) is 0 Å². The van der Waals surface area contributed by atoms with Gasteiger partial charge in [-0.2, -0.15) is 0 Å². The summed E-state index contributed by atoms with van der Waals surface area (Å²) in [6.07, 6.45) is 8.97. The highest BCUT2D eigenvalue weighted by atomic mass is 16.7. The second-order valence-corrected chi connectivity index (χ2v) is 6.42. The van der Waals surface area contributed by atoms with E-state index >= 15 is 0 Å². The maximum Gasteiger partial charge on any atom is 0.231 e. The number of carbonyl (C=O) groups is 1. The number of nitrogens with zero attached hydrogens (tertiary/aromatic N) is 1. The molecule has 1 aromatic carbocycles. The van der Waals surface area contributed by atoms with E-state index in [9.17, 15) is 4.79 Å². The van der Waals surface area contributed by atoms with E-state index in [1.165, 1.54) is 5.56 Å². The molecule has 0 N–H and O–H groups in total. The Hall–Kier alpha value is -2.07. The van der Waals surface area contributed by atoms with Crippen LogP contribution in [0.5, 0.6) is 11.5 Å². The van der Waals surface area contributed by atoms with Crippen LogP contribution in [-0.2, 0) is 11.2 Å². The van der Waals surface area contributed by atoms with Crippen LogP contribution in [-0.4, -0.2) is 36.1 Å². The van der Waals surface area contributed by atoms with Gasteiger partial charge in [-0.05, 0) is 62.9 Å². The summed E-state index contributed by atoms with van der Waals surface area (Å²) in [5.74, 6) is 1.83. The predicted molar refractivity (Wildman–Crippen MR) is 94.4 cm³/mol. The number of carbonyl (C=O) groups excluding carboxylic acids is 1. The van der Waals surface area contributed by atoms with Gasteiger partial charge in [-0.25, -0.2) is 0 Å². The third-order valence-corrected chi connectivity index (χ3v) is 4.99. The van der Waals surface area contributed by atoms with E-state index in [4.69, 9.17) is 9.47 Å². The molecule has 2 aliphatic rings. The minimum atomic E-state index is -0.412. The molecule has 1 saturated heterocycles. The molecule has 0 aromatic heterocycles. The fourth-order valence-corrected chi connectivity index (χ4v) is 3.78. The fraction of sp³-hybridized carbons (Fsp3) is 0.450. The topological polar surface area (TPSA) is 38.8 Å². The summed E-state index contributed by atoms with van der Waals surface area (Å²) in [7, 11) is 0. The summed E-state index contributed by atoms with van der Waals surface area (Å²) >= 11 is 0. The molecule has 128 valence electrons. The van der Waals surface area contributed by atoms with E-state index in [0.29, 0.717) is 13.2 Å². The minimum Gasteiger partial charge on any atom is -0.454 e. The van der Waals surface area contributed by atoms with Crippen LogP contribution in [0.25, 0.3) is 0 Å². The van der Waals surface area contributed by atoms with Gasteiger partial charge < -0.3 is 9.47 Å². The van der Waals surface area contributed by atoms with Gasteiger partial charge in [-0.3, -0.25) is 9.69 Å². The third kappa shape index (κ3) is 3.11. The average Bonchev–Trinajstić information content (AvgIpc) is 3.20. The van der Waals surface area contributed by atoms with Crippen molar-refractivity contribution in [2.24, 2.45) is 0 Å². The van der Waals surface area contributed by atoms with Gasteiger partial charge in [-0.1, -0.05) is 18.2 Å². The zero-order valence-corrected chi connectivity index (χ0v) is 14.3. The number of rotatable bonds is 7. The van der Waals surface area contributed by atoms with Gasteiger partial charge in [-0.15, -0.1) is 6.58 Å². The van der Waals surface area contributed by atoms with Crippen molar-refractivity contribution < 1.29 is 14.3 Å². The van der Waals surface area contributed by atoms with Crippen LogP contribution in [0.4, 0.5) is 0 Å². The molecule has 1 atom stereocenters. The minimum absolute atomic E-state index is 0.202. The maximum absolute atomic E-state index is 12.7. The number of hydrogen-bond acceptors (Lipinski definition) is 4. The van der Waals surface area contributed by atoms with Gasteiger partial charge >= 0.3 is 0 Å². The standard InChI is InChI=1S/C20H25NO3/c1-3-6-19(22)20(10-4-2)11-5-12-21(20)13-9-16-7-8-17-18(14-16)24-15-23-17/h3-4,6-8,14H,2,5,9-13,15H2,1H3/b6-3+/t20-/m1/s1. The van der Waals surface area contributed by atoms with Gasteiger partial charge in [0.2, 0.25) is 6.79 Å². The van der Waals surface area contributed by atoms with Crippen molar-refractivity contribution in [3.8, 4) is 11.5 Å². The Morgan fingerprint density at radius 2 is 2.21 bits per heavy atom. The number of likely N-dealkylation sites (tertiary alicyclic amines) is 1. The summed E-state index contributed by atoms with van der Waals surface area (Å²) < 4.78 is 10.8. The van der Waals surface area contributed by atoms with Gasteiger partial charge in [0.15, 0.2) is 17.3 Å². The molecule has 0 aliphatic carbocycles. The largest absolute Gasteiger partial charge is 0.454 e. The van der Waals surface area contributed by atoms with Crippen molar-refractivity contribution in [2.45, 2.75) is 38.1 Å². The molecular formula is C20H25NO3. The Labute approximate surface area is 143 Å². The fourth-order valence-electron chi connectivity index (χ4n) is 3.78. The Morgan fingerprint density at radius 1 is 1.38 bits per heavy atom. The van der Waals surface area contributed by atoms with Crippen LogP contribution < -0.4 is 9.47 Å². The molecule has 1 aromatic rings. The van der Waals surface area contributed by atoms with Crippen molar-refractivity contribution in [1.29, 1.82) is 0 Å². The summed E-state index contributed by atoms with van der Waals surface area (Å²) in [6.45, 7) is 7.88. The lowest BCUT2D eigenvalue weighted by atomic mass is 9.86. The summed E-state index contributed by atoms with van der Waals surface area (Å²) in [5, 5.41) is 0. The van der Waals surface area contributed by atoms with Crippen molar-refractivity contribution in [3.63, 3.8) is 0 Å². The highest BCUT2D eigenvalue weighted by Crippen LogP contribution is 2.36. The summed E-state index contributed by atoms with van der Waals surface area (Å²) in [4.78, 5) is 15.1. The van der Waals surface area contributed by atoms with Gasteiger partial charge in [0.1, 0.15) is 0 Å². The highest BCUT2D eigenvalue weighted by Gasteiger charge is 2.44. The van der Waals surface area contributed by atoms with E-state index in [2.05, 4.69) is 17.5 Å². The van der Waals surface area contributed by atoms with E-state index in [1.54, 1.807) is 6.08 Å². The summed E-state index contributed by atoms with van der Waals surface area (Å²) in [6, 6.07) is 6.08.